The number of benzene rings is 8. The minimum Gasteiger partial charge on any atom is -0.208 e. The summed E-state index contributed by atoms with van der Waals surface area (Å²) in [6, 6.07) is 70.7. The molecule has 0 amide bonds. The van der Waals surface area contributed by atoms with Crippen LogP contribution in [0.4, 0.5) is 0 Å². The van der Waals surface area contributed by atoms with Crippen molar-refractivity contribution in [3.05, 3.63) is 200 Å². The van der Waals surface area contributed by atoms with Gasteiger partial charge in [-0.3, -0.25) is 0 Å². The quantitative estimate of drug-likeness (QED) is 0.165. The lowest BCUT2D eigenvalue weighted by Crippen LogP contribution is -2.00. The monoisotopic (exact) mass is 719 g/mol. The van der Waals surface area contributed by atoms with Gasteiger partial charge in [0, 0.05) is 36.9 Å². The van der Waals surface area contributed by atoms with Crippen LogP contribution in [0.2, 0.25) is 0 Å². The average Bonchev–Trinajstić information content (AvgIpc) is 3.66. The summed E-state index contributed by atoms with van der Waals surface area (Å²) in [5.41, 5.74) is 12.2. The number of aromatic nitrogens is 3. The Morgan fingerprint density at radius 3 is 1.27 bits per heavy atom. The van der Waals surface area contributed by atoms with Gasteiger partial charge in [-0.1, -0.05) is 158 Å². The van der Waals surface area contributed by atoms with E-state index < -0.39 is 0 Å². The molecule has 10 rings (SSSR count). The van der Waals surface area contributed by atoms with Gasteiger partial charge in [-0.2, -0.15) is 0 Å². The van der Waals surface area contributed by atoms with Crippen molar-refractivity contribution in [3.8, 4) is 78.7 Å². The van der Waals surface area contributed by atoms with E-state index in [9.17, 15) is 0 Å². The van der Waals surface area contributed by atoms with E-state index in [1.165, 1.54) is 53.6 Å². The summed E-state index contributed by atoms with van der Waals surface area (Å²) in [7, 11) is 0. The second kappa shape index (κ2) is 14.1. The first-order valence-electron chi connectivity index (χ1n) is 18.4. The lowest BCUT2D eigenvalue weighted by Gasteiger charge is -2.14. The third kappa shape index (κ3) is 6.39. The van der Waals surface area contributed by atoms with Crippen LogP contribution in [0.1, 0.15) is 0 Å². The van der Waals surface area contributed by atoms with Crippen LogP contribution in [-0.2, 0) is 0 Å². The van der Waals surface area contributed by atoms with Crippen molar-refractivity contribution in [3.63, 3.8) is 0 Å². The molecule has 0 radical (unpaired) electrons. The zero-order valence-corrected chi connectivity index (χ0v) is 30.6. The predicted molar refractivity (Wildman–Crippen MR) is 231 cm³/mol. The highest BCUT2D eigenvalue weighted by molar-refractivity contribution is 7.26. The molecule has 0 atom stereocenters. The molecule has 0 saturated heterocycles. The van der Waals surface area contributed by atoms with E-state index in [1.54, 1.807) is 0 Å². The van der Waals surface area contributed by atoms with E-state index in [2.05, 4.69) is 140 Å². The first-order chi connectivity index (χ1) is 27.2. The standard InChI is InChI=1S/C51H33N3S/c1-5-16-34(17-6-1)40-29-41(35-18-7-2-8-19-35)31-43(30-40)45-32-42(33-47-48(45)44-26-13-14-27-46(44)55-47)38-24-15-25-39(28-38)51-53-49(36-20-9-3-10-21-36)52-50(54-51)37-22-11-4-12-23-37/h1-33H. The van der Waals surface area contributed by atoms with Crippen LogP contribution in [0.5, 0.6) is 0 Å². The number of thiophene rings is 1. The number of nitrogens with zero attached hydrogens (tertiary/aromatic N) is 3. The topological polar surface area (TPSA) is 38.7 Å². The summed E-state index contributed by atoms with van der Waals surface area (Å²) >= 11 is 1.85. The molecule has 10 aromatic rings. The Labute approximate surface area is 323 Å². The van der Waals surface area contributed by atoms with Crippen molar-refractivity contribution in [2.45, 2.75) is 0 Å². The number of fused-ring (bicyclic) bond motifs is 3. The van der Waals surface area contributed by atoms with Gasteiger partial charge < -0.3 is 0 Å². The largest absolute Gasteiger partial charge is 0.208 e. The summed E-state index contributed by atoms with van der Waals surface area (Å²) in [4.78, 5) is 15.0. The van der Waals surface area contributed by atoms with Crippen LogP contribution in [0.15, 0.2) is 200 Å². The molecule has 0 saturated carbocycles. The normalized spacial score (nSPS) is 11.3. The molecule has 2 aromatic heterocycles. The van der Waals surface area contributed by atoms with Gasteiger partial charge in [0.05, 0.1) is 0 Å². The van der Waals surface area contributed by atoms with E-state index in [1.807, 2.05) is 72.0 Å². The van der Waals surface area contributed by atoms with Crippen LogP contribution in [0.25, 0.3) is 98.8 Å². The second-order valence-electron chi connectivity index (χ2n) is 13.6. The summed E-state index contributed by atoms with van der Waals surface area (Å²) in [6.45, 7) is 0. The van der Waals surface area contributed by atoms with Crippen molar-refractivity contribution in [1.82, 2.24) is 15.0 Å². The van der Waals surface area contributed by atoms with E-state index in [4.69, 9.17) is 15.0 Å². The molecule has 2 heterocycles. The number of hydrogen-bond acceptors (Lipinski definition) is 4. The average molecular weight is 720 g/mol. The van der Waals surface area contributed by atoms with Crippen molar-refractivity contribution in [1.29, 1.82) is 0 Å². The van der Waals surface area contributed by atoms with Crippen LogP contribution in [0.3, 0.4) is 0 Å². The van der Waals surface area contributed by atoms with Gasteiger partial charge in [0.2, 0.25) is 0 Å². The molecule has 0 N–H and O–H groups in total. The van der Waals surface area contributed by atoms with Crippen LogP contribution in [-0.4, -0.2) is 15.0 Å². The fourth-order valence-electron chi connectivity index (χ4n) is 7.40. The molecule has 8 aromatic carbocycles. The van der Waals surface area contributed by atoms with Gasteiger partial charge in [-0.25, -0.2) is 15.0 Å². The predicted octanol–water partition coefficient (Wildman–Crippen LogP) is 13.9. The third-order valence-corrected chi connectivity index (χ3v) is 11.2. The van der Waals surface area contributed by atoms with E-state index >= 15 is 0 Å². The molecule has 0 fully saturated rings. The second-order valence-corrected chi connectivity index (χ2v) is 14.7. The highest BCUT2D eigenvalue weighted by Crippen LogP contribution is 2.45. The van der Waals surface area contributed by atoms with Gasteiger partial charge in [0.15, 0.2) is 17.5 Å². The molecule has 258 valence electrons. The molecule has 0 aliphatic rings. The van der Waals surface area contributed by atoms with Gasteiger partial charge in [0.1, 0.15) is 0 Å². The van der Waals surface area contributed by atoms with E-state index in [0.29, 0.717) is 17.5 Å². The maximum atomic E-state index is 5.03. The molecular formula is C51H33N3S. The van der Waals surface area contributed by atoms with Crippen LogP contribution >= 0.6 is 11.3 Å². The molecular weight excluding hydrogens is 687 g/mol. The smallest absolute Gasteiger partial charge is 0.164 e. The summed E-state index contributed by atoms with van der Waals surface area (Å²) < 4.78 is 2.53. The maximum absolute atomic E-state index is 5.03. The minimum absolute atomic E-state index is 0.640. The summed E-state index contributed by atoms with van der Waals surface area (Å²) in [5.74, 6) is 1.94. The van der Waals surface area contributed by atoms with Crippen molar-refractivity contribution in [2.75, 3.05) is 0 Å². The van der Waals surface area contributed by atoms with Crippen molar-refractivity contribution >= 4 is 31.5 Å². The molecule has 3 nitrogen and oxygen atoms in total. The van der Waals surface area contributed by atoms with Gasteiger partial charge in [0.25, 0.3) is 0 Å². The fraction of sp³-hybridized carbons (Fsp3) is 0. The Hall–Kier alpha value is -7.01. The Morgan fingerprint density at radius 2 is 0.691 bits per heavy atom. The van der Waals surface area contributed by atoms with Crippen molar-refractivity contribution in [2.24, 2.45) is 0 Å². The third-order valence-electron chi connectivity index (χ3n) is 10.1. The molecule has 0 aliphatic carbocycles. The lowest BCUT2D eigenvalue weighted by atomic mass is 9.90. The van der Waals surface area contributed by atoms with E-state index in [0.717, 1.165) is 27.8 Å². The first kappa shape index (κ1) is 32.6. The Kier molecular flexibility index (Phi) is 8.36. The lowest BCUT2D eigenvalue weighted by molar-refractivity contribution is 1.07. The summed E-state index contributed by atoms with van der Waals surface area (Å²) in [5, 5.41) is 2.55. The molecule has 4 heteroatoms. The highest BCUT2D eigenvalue weighted by Gasteiger charge is 2.18. The zero-order chi connectivity index (χ0) is 36.6. The van der Waals surface area contributed by atoms with Gasteiger partial charge in [-0.15, -0.1) is 11.3 Å². The molecule has 0 aliphatic heterocycles. The Bertz CT molecular complexity index is 2840. The Morgan fingerprint density at radius 1 is 0.273 bits per heavy atom. The molecule has 55 heavy (non-hydrogen) atoms. The van der Waals surface area contributed by atoms with E-state index in [-0.39, 0.29) is 0 Å². The molecule has 0 unspecified atom stereocenters. The molecule has 0 bridgehead atoms. The van der Waals surface area contributed by atoms with Crippen molar-refractivity contribution < 1.29 is 0 Å². The highest BCUT2D eigenvalue weighted by atomic mass is 32.1. The SMILES string of the molecule is c1ccc(-c2cc(-c3ccccc3)cc(-c3cc(-c4cccc(-c5nc(-c6ccccc6)nc(-c6ccccc6)n5)c4)cc4sc5ccccc5c34)c2)cc1. The fourth-order valence-corrected chi connectivity index (χ4v) is 8.57. The summed E-state index contributed by atoms with van der Waals surface area (Å²) in [6.07, 6.45) is 0. The molecule has 0 spiro atoms. The number of rotatable bonds is 7. The van der Waals surface area contributed by atoms with Crippen LogP contribution in [0, 0.1) is 0 Å². The minimum atomic E-state index is 0.640. The first-order valence-corrected chi connectivity index (χ1v) is 19.2. The maximum Gasteiger partial charge on any atom is 0.164 e. The van der Waals surface area contributed by atoms with Gasteiger partial charge in [-0.05, 0) is 87.0 Å². The zero-order valence-electron chi connectivity index (χ0n) is 29.8. The van der Waals surface area contributed by atoms with Crippen LogP contribution < -0.4 is 0 Å². The Balaban J connectivity index is 1.17. The number of hydrogen-bond donors (Lipinski definition) is 0. The van der Waals surface area contributed by atoms with Gasteiger partial charge >= 0.3 is 0 Å².